The summed E-state index contributed by atoms with van der Waals surface area (Å²) >= 11 is 0. The molecule has 5 nitrogen and oxygen atoms in total. The minimum atomic E-state index is -0.531. The van der Waals surface area contributed by atoms with Crippen LogP contribution in [-0.2, 0) is 9.53 Å². The molecule has 0 unspecified atom stereocenters. The molecule has 1 rings (SSSR count). The Bertz CT molecular complexity index is 464. The number of hydrogen-bond acceptors (Lipinski definition) is 4. The molecule has 0 bridgehead atoms. The largest absolute Gasteiger partial charge is 0.463 e. The lowest BCUT2D eigenvalue weighted by molar-refractivity contribution is -0.118. The quantitative estimate of drug-likeness (QED) is 0.481. The van der Waals surface area contributed by atoms with Crippen molar-refractivity contribution >= 4 is 11.9 Å². The summed E-state index contributed by atoms with van der Waals surface area (Å²) in [5, 5.41) is 2.62. The highest BCUT2D eigenvalue weighted by atomic mass is 16.5. The second-order valence-electron chi connectivity index (χ2n) is 3.19. The molecule has 0 fully saturated rings. The van der Waals surface area contributed by atoms with E-state index >= 15 is 0 Å². The molecule has 0 aliphatic rings. The van der Waals surface area contributed by atoms with Gasteiger partial charge in [0.2, 0.25) is 11.7 Å². The first-order valence-electron chi connectivity index (χ1n) is 5.05. The van der Waals surface area contributed by atoms with Crippen molar-refractivity contribution in [3.05, 3.63) is 23.7 Å². The molecule has 1 N–H and O–H groups in total. The van der Waals surface area contributed by atoms with Gasteiger partial charge in [-0.2, -0.15) is 0 Å². The number of carbonyl (C=O) groups is 2. The summed E-state index contributed by atoms with van der Waals surface area (Å²) in [7, 11) is 1.28. The molecule has 0 aliphatic carbocycles. The molecule has 5 heteroatoms. The van der Waals surface area contributed by atoms with Crippen molar-refractivity contribution in [1.29, 1.82) is 0 Å². The number of carbonyl (C=O) groups excluding carboxylic acids is 2. The molecule has 0 aliphatic heterocycles. The predicted octanol–water partition coefficient (Wildman–Crippen LogP) is 0.944. The number of ether oxygens (including phenoxy) is 1. The molecule has 0 atom stereocenters. The van der Waals surface area contributed by atoms with Crippen LogP contribution >= 0.6 is 0 Å². The van der Waals surface area contributed by atoms with Gasteiger partial charge in [-0.15, -0.1) is 0 Å². The molecule has 0 saturated carbocycles. The van der Waals surface area contributed by atoms with Crippen LogP contribution in [0.2, 0.25) is 0 Å². The number of furan rings is 1. The van der Waals surface area contributed by atoms with Crippen LogP contribution in [0.1, 0.15) is 29.7 Å². The van der Waals surface area contributed by atoms with Gasteiger partial charge in [-0.25, -0.2) is 4.79 Å². The zero-order valence-electron chi connectivity index (χ0n) is 9.70. The number of rotatable bonds is 3. The fourth-order valence-corrected chi connectivity index (χ4v) is 1.07. The average Bonchev–Trinajstić information content (AvgIpc) is 2.76. The van der Waals surface area contributed by atoms with Crippen molar-refractivity contribution in [3.8, 4) is 11.8 Å². The molecule has 1 aromatic rings. The predicted molar refractivity (Wildman–Crippen MR) is 60.2 cm³/mol. The average molecular weight is 235 g/mol. The van der Waals surface area contributed by atoms with Crippen LogP contribution in [0.4, 0.5) is 0 Å². The van der Waals surface area contributed by atoms with E-state index < -0.39 is 5.97 Å². The minimum absolute atomic E-state index is 0.0854. The highest BCUT2D eigenvalue weighted by Gasteiger charge is 2.09. The third-order valence-electron chi connectivity index (χ3n) is 1.83. The van der Waals surface area contributed by atoms with Gasteiger partial charge < -0.3 is 14.5 Å². The smallest absolute Gasteiger partial charge is 0.374 e. The molecule has 0 aromatic carbocycles. The van der Waals surface area contributed by atoms with Gasteiger partial charge in [0.1, 0.15) is 0 Å². The summed E-state index contributed by atoms with van der Waals surface area (Å²) in [6.45, 7) is 1.94. The lowest BCUT2D eigenvalue weighted by Gasteiger charge is -1.94. The second-order valence-corrected chi connectivity index (χ2v) is 3.19. The number of amides is 1. The number of methoxy groups -OCH3 is 1. The lowest BCUT2D eigenvalue weighted by atomic mass is 10.3. The van der Waals surface area contributed by atoms with E-state index in [-0.39, 0.29) is 11.7 Å². The fraction of sp³-hybridized carbons (Fsp3) is 0.333. The molecule has 1 amide bonds. The van der Waals surface area contributed by atoms with E-state index in [0.29, 0.717) is 18.7 Å². The first-order chi connectivity index (χ1) is 8.13. The van der Waals surface area contributed by atoms with Crippen LogP contribution in [0.3, 0.4) is 0 Å². The Balaban J connectivity index is 2.46. The third-order valence-corrected chi connectivity index (χ3v) is 1.83. The van der Waals surface area contributed by atoms with Crippen LogP contribution in [0.25, 0.3) is 0 Å². The Morgan fingerprint density at radius 1 is 1.47 bits per heavy atom. The van der Waals surface area contributed by atoms with E-state index in [2.05, 4.69) is 21.9 Å². The molecule has 1 aromatic heterocycles. The number of nitrogens with one attached hydrogen (secondary N) is 1. The molecule has 1 heterocycles. The first kappa shape index (κ1) is 12.8. The molecule has 0 radical (unpaired) electrons. The zero-order valence-corrected chi connectivity index (χ0v) is 9.70. The van der Waals surface area contributed by atoms with Crippen LogP contribution in [0, 0.1) is 11.8 Å². The van der Waals surface area contributed by atoms with Gasteiger partial charge >= 0.3 is 5.97 Å². The van der Waals surface area contributed by atoms with Crippen LogP contribution in [0.5, 0.6) is 0 Å². The Kier molecular flexibility index (Phi) is 4.82. The van der Waals surface area contributed by atoms with Crippen LogP contribution in [-0.4, -0.2) is 25.5 Å². The Morgan fingerprint density at radius 3 is 2.88 bits per heavy atom. The molecule has 17 heavy (non-hydrogen) atoms. The zero-order chi connectivity index (χ0) is 12.7. The van der Waals surface area contributed by atoms with E-state index in [1.807, 2.05) is 0 Å². The van der Waals surface area contributed by atoms with Crippen molar-refractivity contribution in [2.75, 3.05) is 13.7 Å². The summed E-state index contributed by atoms with van der Waals surface area (Å²) in [6, 6.07) is 3.10. The fourth-order valence-electron chi connectivity index (χ4n) is 1.07. The van der Waals surface area contributed by atoms with Gasteiger partial charge in [-0.1, -0.05) is 5.92 Å². The van der Waals surface area contributed by atoms with Gasteiger partial charge in [0.25, 0.3) is 0 Å². The van der Waals surface area contributed by atoms with Crippen molar-refractivity contribution in [3.63, 3.8) is 0 Å². The molecule has 0 spiro atoms. The van der Waals surface area contributed by atoms with Crippen molar-refractivity contribution in [2.45, 2.75) is 13.3 Å². The van der Waals surface area contributed by atoms with E-state index in [9.17, 15) is 9.59 Å². The summed E-state index contributed by atoms with van der Waals surface area (Å²) in [5.41, 5.74) is 0. The maximum atomic E-state index is 11.1. The van der Waals surface area contributed by atoms with E-state index in [1.54, 1.807) is 6.07 Å². The maximum absolute atomic E-state index is 11.1. The van der Waals surface area contributed by atoms with E-state index in [1.165, 1.54) is 20.1 Å². The van der Waals surface area contributed by atoms with Crippen LogP contribution < -0.4 is 5.32 Å². The summed E-state index contributed by atoms with van der Waals surface area (Å²) in [4.78, 5) is 21.6. The van der Waals surface area contributed by atoms with Crippen LogP contribution in [0.15, 0.2) is 16.5 Å². The lowest BCUT2D eigenvalue weighted by Crippen LogP contribution is -2.20. The summed E-state index contributed by atoms with van der Waals surface area (Å²) in [6.07, 6.45) is 0.522. The van der Waals surface area contributed by atoms with E-state index in [4.69, 9.17) is 4.42 Å². The van der Waals surface area contributed by atoms with E-state index in [0.717, 1.165) is 0 Å². The minimum Gasteiger partial charge on any atom is -0.463 e. The topological polar surface area (TPSA) is 68.5 Å². The summed E-state index contributed by atoms with van der Waals surface area (Å²) in [5.74, 6) is 5.46. The van der Waals surface area contributed by atoms with Crippen molar-refractivity contribution in [1.82, 2.24) is 5.32 Å². The van der Waals surface area contributed by atoms with Gasteiger partial charge in [0, 0.05) is 19.9 Å². The molecule has 90 valence electrons. The maximum Gasteiger partial charge on any atom is 0.374 e. The normalized spacial score (nSPS) is 9.06. The van der Waals surface area contributed by atoms with Crippen molar-refractivity contribution in [2.24, 2.45) is 0 Å². The Morgan fingerprint density at radius 2 is 2.24 bits per heavy atom. The highest BCUT2D eigenvalue weighted by Crippen LogP contribution is 2.07. The Labute approximate surface area is 99.1 Å². The first-order valence-corrected chi connectivity index (χ1v) is 5.05. The van der Waals surface area contributed by atoms with Gasteiger partial charge in [0.15, 0.2) is 5.76 Å². The standard InChI is InChI=1S/C12H13NO4/c1-9(14)13-8-4-3-5-10-6-7-11(17-10)12(15)16-2/h6-7H,4,8H2,1-2H3,(H,13,14). The van der Waals surface area contributed by atoms with Gasteiger partial charge in [0.05, 0.1) is 7.11 Å². The molecular weight excluding hydrogens is 222 g/mol. The number of esters is 1. The SMILES string of the molecule is COC(=O)c1ccc(C#CCCNC(C)=O)o1. The van der Waals surface area contributed by atoms with Crippen molar-refractivity contribution < 1.29 is 18.7 Å². The monoisotopic (exact) mass is 235 g/mol. The molecule has 0 saturated heterocycles. The Hall–Kier alpha value is -2.22. The summed E-state index contributed by atoms with van der Waals surface area (Å²) < 4.78 is 9.62. The second kappa shape index (κ2) is 6.38. The number of hydrogen-bond donors (Lipinski definition) is 1. The van der Waals surface area contributed by atoms with Gasteiger partial charge in [-0.05, 0) is 18.1 Å². The highest BCUT2D eigenvalue weighted by molar-refractivity contribution is 5.86. The molecular formula is C12H13NO4. The van der Waals surface area contributed by atoms with Gasteiger partial charge in [-0.3, -0.25) is 4.79 Å². The third kappa shape index (κ3) is 4.43.